The molecule has 0 radical (unpaired) electrons. The Morgan fingerprint density at radius 2 is 1.84 bits per heavy atom. The van der Waals surface area contributed by atoms with Crippen molar-refractivity contribution in [2.45, 2.75) is 51.9 Å². The maximum atomic E-state index is 11.7. The molecule has 0 aliphatic heterocycles. The van der Waals surface area contributed by atoms with Crippen LogP contribution in [-0.2, 0) is 20.9 Å². The molecule has 0 bridgehead atoms. The van der Waals surface area contributed by atoms with Crippen molar-refractivity contribution in [1.82, 2.24) is 10.6 Å². The summed E-state index contributed by atoms with van der Waals surface area (Å²) in [6, 6.07) is 8.59. The Labute approximate surface area is 148 Å². The second-order valence-electron chi connectivity index (χ2n) is 6.52. The van der Waals surface area contributed by atoms with Crippen LogP contribution in [0.15, 0.2) is 30.3 Å². The molecular formula is C18H26N2O5. The Bertz CT molecular complexity index is 554. The summed E-state index contributed by atoms with van der Waals surface area (Å²) in [5, 5.41) is 5.09. The Hall–Kier alpha value is -2.57. The van der Waals surface area contributed by atoms with Gasteiger partial charge in [0, 0.05) is 6.54 Å². The molecule has 1 aromatic rings. The zero-order chi connectivity index (χ0) is 18.7. The molecule has 0 aromatic heterocycles. The fourth-order valence-corrected chi connectivity index (χ4v) is 1.92. The van der Waals surface area contributed by atoms with Crippen molar-refractivity contribution in [3.05, 3.63) is 35.9 Å². The van der Waals surface area contributed by atoms with Crippen molar-refractivity contribution in [3.63, 3.8) is 0 Å². The molecule has 2 amide bonds. The van der Waals surface area contributed by atoms with Gasteiger partial charge in [-0.2, -0.15) is 0 Å². The molecule has 0 aliphatic carbocycles. The molecule has 0 fully saturated rings. The van der Waals surface area contributed by atoms with Crippen LogP contribution < -0.4 is 10.6 Å². The Morgan fingerprint density at radius 1 is 1.16 bits per heavy atom. The number of aldehydes is 1. The molecule has 0 spiro atoms. The summed E-state index contributed by atoms with van der Waals surface area (Å²) in [6.07, 6.45) is 0.393. The third-order valence-electron chi connectivity index (χ3n) is 3.04. The van der Waals surface area contributed by atoms with Crippen LogP contribution in [0.2, 0.25) is 0 Å². The van der Waals surface area contributed by atoms with Crippen molar-refractivity contribution >= 4 is 18.5 Å². The number of hydrogen-bond acceptors (Lipinski definition) is 5. The van der Waals surface area contributed by atoms with Gasteiger partial charge in [0.2, 0.25) is 0 Å². The van der Waals surface area contributed by atoms with Crippen LogP contribution in [0, 0.1) is 0 Å². The summed E-state index contributed by atoms with van der Waals surface area (Å²) < 4.78 is 10.2. The fourth-order valence-electron chi connectivity index (χ4n) is 1.92. The van der Waals surface area contributed by atoms with Crippen molar-refractivity contribution in [3.8, 4) is 0 Å². The lowest BCUT2D eigenvalue weighted by Gasteiger charge is -2.19. The minimum absolute atomic E-state index is 0.137. The predicted molar refractivity (Wildman–Crippen MR) is 93.1 cm³/mol. The van der Waals surface area contributed by atoms with Crippen molar-refractivity contribution in [1.29, 1.82) is 0 Å². The van der Waals surface area contributed by atoms with E-state index in [0.717, 1.165) is 5.56 Å². The lowest BCUT2D eigenvalue weighted by molar-refractivity contribution is -0.109. The van der Waals surface area contributed by atoms with Crippen molar-refractivity contribution < 1.29 is 23.9 Å². The minimum Gasteiger partial charge on any atom is -0.445 e. The highest BCUT2D eigenvalue weighted by Crippen LogP contribution is 2.06. The van der Waals surface area contributed by atoms with Gasteiger partial charge in [0.25, 0.3) is 0 Å². The summed E-state index contributed by atoms with van der Waals surface area (Å²) in [7, 11) is 0. The van der Waals surface area contributed by atoms with E-state index in [-0.39, 0.29) is 6.61 Å². The zero-order valence-corrected chi connectivity index (χ0v) is 14.9. The smallest absolute Gasteiger partial charge is 0.408 e. The molecule has 0 saturated carbocycles. The average molecular weight is 350 g/mol. The molecule has 7 heteroatoms. The van der Waals surface area contributed by atoms with Crippen LogP contribution in [-0.4, -0.2) is 36.7 Å². The van der Waals surface area contributed by atoms with E-state index >= 15 is 0 Å². The highest BCUT2D eigenvalue weighted by atomic mass is 16.6. The third-order valence-corrected chi connectivity index (χ3v) is 3.04. The summed E-state index contributed by atoms with van der Waals surface area (Å²) in [5.41, 5.74) is 0.307. The summed E-state index contributed by atoms with van der Waals surface area (Å²) in [4.78, 5) is 34.2. The molecule has 0 aliphatic rings. The number of amides is 2. The summed E-state index contributed by atoms with van der Waals surface area (Å²) in [5.74, 6) is 0. The number of carbonyl (C=O) groups is 3. The number of ether oxygens (including phenoxy) is 2. The molecule has 25 heavy (non-hydrogen) atoms. The number of nitrogens with one attached hydrogen (secondary N) is 2. The normalized spacial score (nSPS) is 12.0. The SMILES string of the molecule is CC(C)(C)OC(=O)NCCC[C@@H](C=O)NC(=O)OCc1ccccc1. The first-order chi connectivity index (χ1) is 11.8. The molecule has 2 N–H and O–H groups in total. The van der Waals surface area contributed by atoms with Crippen LogP contribution in [0.4, 0.5) is 9.59 Å². The van der Waals surface area contributed by atoms with Crippen LogP contribution >= 0.6 is 0 Å². The van der Waals surface area contributed by atoms with Gasteiger partial charge >= 0.3 is 12.2 Å². The summed E-state index contributed by atoms with van der Waals surface area (Å²) in [6.45, 7) is 5.82. The zero-order valence-electron chi connectivity index (χ0n) is 14.9. The van der Waals surface area contributed by atoms with Crippen LogP contribution in [0.25, 0.3) is 0 Å². The van der Waals surface area contributed by atoms with Crippen LogP contribution in [0.1, 0.15) is 39.2 Å². The van der Waals surface area contributed by atoms with Gasteiger partial charge in [-0.25, -0.2) is 9.59 Å². The van der Waals surface area contributed by atoms with Crippen molar-refractivity contribution in [2.75, 3.05) is 6.54 Å². The quantitative estimate of drug-likeness (QED) is 0.555. The minimum atomic E-state index is -0.663. The number of rotatable bonds is 8. The van der Waals surface area contributed by atoms with Gasteiger partial charge < -0.3 is 24.9 Å². The predicted octanol–water partition coefficient (Wildman–Crippen LogP) is 2.79. The van der Waals surface area contributed by atoms with Crippen LogP contribution in [0.3, 0.4) is 0 Å². The molecule has 1 aromatic carbocycles. The summed E-state index contributed by atoms with van der Waals surface area (Å²) >= 11 is 0. The number of alkyl carbamates (subject to hydrolysis) is 2. The maximum Gasteiger partial charge on any atom is 0.408 e. The number of hydrogen-bond donors (Lipinski definition) is 2. The molecule has 1 rings (SSSR count). The fraction of sp³-hybridized carbons (Fsp3) is 0.500. The van der Waals surface area contributed by atoms with E-state index in [1.165, 1.54) is 0 Å². The van der Waals surface area contributed by atoms with E-state index in [1.807, 2.05) is 30.3 Å². The Kier molecular flexibility index (Phi) is 8.46. The first kappa shape index (κ1) is 20.5. The highest BCUT2D eigenvalue weighted by molar-refractivity contribution is 5.73. The monoisotopic (exact) mass is 350 g/mol. The second kappa shape index (κ2) is 10.3. The van der Waals surface area contributed by atoms with Gasteiger partial charge in [-0.3, -0.25) is 0 Å². The van der Waals surface area contributed by atoms with E-state index in [9.17, 15) is 14.4 Å². The van der Waals surface area contributed by atoms with Crippen LogP contribution in [0.5, 0.6) is 0 Å². The lowest BCUT2D eigenvalue weighted by atomic mass is 10.2. The molecule has 0 heterocycles. The number of carbonyl (C=O) groups excluding carboxylic acids is 3. The maximum absolute atomic E-state index is 11.7. The molecule has 138 valence electrons. The first-order valence-corrected chi connectivity index (χ1v) is 8.19. The highest BCUT2D eigenvalue weighted by Gasteiger charge is 2.16. The van der Waals surface area contributed by atoms with Gasteiger partial charge in [0.15, 0.2) is 0 Å². The van der Waals surface area contributed by atoms with E-state index < -0.39 is 23.8 Å². The van der Waals surface area contributed by atoms with Gasteiger partial charge in [0.1, 0.15) is 18.5 Å². The third kappa shape index (κ3) is 10.0. The van der Waals surface area contributed by atoms with Gasteiger partial charge in [-0.05, 0) is 39.2 Å². The second-order valence-corrected chi connectivity index (χ2v) is 6.52. The van der Waals surface area contributed by atoms with E-state index in [1.54, 1.807) is 20.8 Å². The Morgan fingerprint density at radius 3 is 2.44 bits per heavy atom. The topological polar surface area (TPSA) is 93.7 Å². The largest absolute Gasteiger partial charge is 0.445 e. The van der Waals surface area contributed by atoms with Gasteiger partial charge in [0.05, 0.1) is 6.04 Å². The van der Waals surface area contributed by atoms with E-state index in [2.05, 4.69) is 10.6 Å². The molecule has 0 saturated heterocycles. The average Bonchev–Trinajstić information content (AvgIpc) is 2.55. The molecular weight excluding hydrogens is 324 g/mol. The Balaban J connectivity index is 2.22. The first-order valence-electron chi connectivity index (χ1n) is 8.19. The standard InChI is InChI=1S/C18H26N2O5/c1-18(2,3)25-16(22)19-11-7-10-15(12-21)20-17(23)24-13-14-8-5-4-6-9-14/h4-6,8-9,12,15H,7,10-11,13H2,1-3H3,(H,19,22)(H,20,23)/t15-/m0/s1. The van der Waals surface area contributed by atoms with Gasteiger partial charge in [-0.15, -0.1) is 0 Å². The molecule has 7 nitrogen and oxygen atoms in total. The van der Waals surface area contributed by atoms with E-state index in [4.69, 9.17) is 9.47 Å². The van der Waals surface area contributed by atoms with Crippen molar-refractivity contribution in [2.24, 2.45) is 0 Å². The number of benzene rings is 1. The molecule has 1 atom stereocenters. The lowest BCUT2D eigenvalue weighted by Crippen LogP contribution is -2.37. The van der Waals surface area contributed by atoms with Gasteiger partial charge in [-0.1, -0.05) is 30.3 Å². The van der Waals surface area contributed by atoms with E-state index in [0.29, 0.717) is 25.7 Å². The molecule has 0 unspecified atom stereocenters.